The summed E-state index contributed by atoms with van der Waals surface area (Å²) < 4.78 is 0. The summed E-state index contributed by atoms with van der Waals surface area (Å²) in [6.45, 7) is 0.465. The maximum atomic E-state index is 10.3. The van der Waals surface area contributed by atoms with Crippen LogP contribution in [0, 0.1) is 0 Å². The number of carbonyl (C=O) groups is 3. The third kappa shape index (κ3) is 16.9. The molecule has 0 aromatic carbocycles. The molecule has 0 saturated heterocycles. The summed E-state index contributed by atoms with van der Waals surface area (Å²) in [6, 6.07) is -1.85. The Kier molecular flexibility index (Phi) is 14.8. The predicted octanol–water partition coefficient (Wildman–Crippen LogP) is -0.998. The molecule has 0 aliphatic carbocycles. The van der Waals surface area contributed by atoms with E-state index in [1.54, 1.807) is 0 Å². The van der Waals surface area contributed by atoms with Crippen LogP contribution in [0.3, 0.4) is 0 Å². The van der Waals surface area contributed by atoms with E-state index >= 15 is 0 Å². The maximum absolute atomic E-state index is 10.3. The lowest BCUT2D eigenvalue weighted by molar-refractivity contribution is -0.138. The van der Waals surface area contributed by atoms with Crippen LogP contribution in [0.5, 0.6) is 0 Å². The molecule has 0 radical (unpaired) electrons. The van der Waals surface area contributed by atoms with E-state index in [-0.39, 0.29) is 17.9 Å². The topological polar surface area (TPSA) is 190 Å². The van der Waals surface area contributed by atoms with Crippen LogP contribution >= 0.6 is 21.6 Å². The highest BCUT2D eigenvalue weighted by Crippen LogP contribution is 2.22. The van der Waals surface area contributed by atoms with Crippen molar-refractivity contribution in [1.29, 1.82) is 0 Å². The van der Waals surface area contributed by atoms with Crippen LogP contribution in [0.15, 0.2) is 0 Å². The molecule has 0 saturated carbocycles. The van der Waals surface area contributed by atoms with Crippen LogP contribution in [-0.4, -0.2) is 63.4 Å². The van der Waals surface area contributed by atoms with Crippen molar-refractivity contribution < 1.29 is 29.7 Å². The molecule has 21 heavy (non-hydrogen) atoms. The standard InChI is InChI=1S/C6H12N2O4S2.C4H9NO2/c7-3(5(9)10)1-13-14-2-4(8)6(11)12;5-3-1-2-4(6)7/h3-4H,1-2,7-8H2,(H,9,10)(H,11,12);1-3,5H2,(H,6,7)/t3-,4-;/m0./s1. The first kappa shape index (κ1) is 22.3. The van der Waals surface area contributed by atoms with Gasteiger partial charge in [0.15, 0.2) is 0 Å². The molecule has 124 valence electrons. The smallest absolute Gasteiger partial charge is 0.321 e. The second kappa shape index (κ2) is 13.9. The number of hydrogen-bond donors (Lipinski definition) is 6. The van der Waals surface area contributed by atoms with Crippen molar-refractivity contribution in [2.45, 2.75) is 24.9 Å². The van der Waals surface area contributed by atoms with E-state index in [9.17, 15) is 14.4 Å². The van der Waals surface area contributed by atoms with Gasteiger partial charge in [-0.05, 0) is 13.0 Å². The van der Waals surface area contributed by atoms with Crippen LogP contribution < -0.4 is 17.2 Å². The number of carboxylic acids is 3. The van der Waals surface area contributed by atoms with Crippen molar-refractivity contribution in [3.05, 3.63) is 0 Å². The number of aliphatic carboxylic acids is 3. The van der Waals surface area contributed by atoms with Gasteiger partial charge in [-0.3, -0.25) is 14.4 Å². The summed E-state index contributed by atoms with van der Waals surface area (Å²) in [5.74, 6) is -2.45. The number of rotatable bonds is 10. The lowest BCUT2D eigenvalue weighted by atomic mass is 10.3. The highest BCUT2D eigenvalue weighted by Gasteiger charge is 2.14. The quantitative estimate of drug-likeness (QED) is 0.211. The monoisotopic (exact) mass is 343 g/mol. The van der Waals surface area contributed by atoms with Crippen LogP contribution in [0.1, 0.15) is 12.8 Å². The number of hydrogen-bond acceptors (Lipinski definition) is 8. The summed E-state index contributed by atoms with van der Waals surface area (Å²) in [5.41, 5.74) is 15.4. The third-order valence-corrected chi connectivity index (χ3v) is 4.28. The molecule has 0 fully saturated rings. The van der Waals surface area contributed by atoms with Crippen LogP contribution in [0.25, 0.3) is 0 Å². The second-order valence-corrected chi connectivity index (χ2v) is 6.30. The zero-order valence-electron chi connectivity index (χ0n) is 11.3. The average Bonchev–Trinajstić information content (AvgIpc) is 2.41. The van der Waals surface area contributed by atoms with E-state index in [1.807, 2.05) is 0 Å². The van der Waals surface area contributed by atoms with Gasteiger partial charge in [0.2, 0.25) is 0 Å². The molecule has 2 atom stereocenters. The summed E-state index contributed by atoms with van der Waals surface area (Å²) in [6.07, 6.45) is 0.770. The fourth-order valence-electron chi connectivity index (χ4n) is 0.639. The van der Waals surface area contributed by atoms with Gasteiger partial charge in [-0.25, -0.2) is 0 Å². The van der Waals surface area contributed by atoms with Gasteiger partial charge in [-0.15, -0.1) is 0 Å². The van der Waals surface area contributed by atoms with Crippen molar-refractivity contribution in [1.82, 2.24) is 0 Å². The van der Waals surface area contributed by atoms with Gasteiger partial charge in [0, 0.05) is 17.9 Å². The van der Waals surface area contributed by atoms with E-state index < -0.39 is 30.0 Å². The SMILES string of the molecule is NCCCC(=O)O.N[C@@H](CSSC[C@H](N)C(=O)O)C(=O)O. The summed E-state index contributed by atoms with van der Waals surface area (Å²) in [5, 5.41) is 24.8. The van der Waals surface area contributed by atoms with E-state index in [1.165, 1.54) is 21.6 Å². The first-order valence-electron chi connectivity index (χ1n) is 5.85. The van der Waals surface area contributed by atoms with Crippen LogP contribution in [0.2, 0.25) is 0 Å². The Morgan fingerprint density at radius 1 is 0.905 bits per heavy atom. The van der Waals surface area contributed by atoms with Gasteiger partial charge in [-0.2, -0.15) is 0 Å². The fraction of sp³-hybridized carbons (Fsp3) is 0.700. The van der Waals surface area contributed by atoms with Gasteiger partial charge >= 0.3 is 17.9 Å². The molecule has 0 amide bonds. The molecule has 0 aliphatic heterocycles. The molecule has 0 bridgehead atoms. The predicted molar refractivity (Wildman–Crippen MR) is 82.1 cm³/mol. The van der Waals surface area contributed by atoms with Gasteiger partial charge in [0.25, 0.3) is 0 Å². The highest BCUT2D eigenvalue weighted by molar-refractivity contribution is 8.76. The van der Waals surface area contributed by atoms with Gasteiger partial charge in [0.05, 0.1) is 0 Å². The minimum atomic E-state index is -1.07. The van der Waals surface area contributed by atoms with E-state index in [0.29, 0.717) is 13.0 Å². The first-order chi connectivity index (χ1) is 9.72. The summed E-state index contributed by atoms with van der Waals surface area (Å²) in [7, 11) is 2.41. The average molecular weight is 343 g/mol. The molecule has 0 aromatic rings. The molecule has 0 rings (SSSR count). The summed E-state index contributed by atoms with van der Waals surface area (Å²) in [4.78, 5) is 30.2. The lowest BCUT2D eigenvalue weighted by Gasteiger charge is -2.07. The molecular formula is C10H21N3O6S2. The van der Waals surface area contributed by atoms with E-state index in [0.717, 1.165) is 0 Å². The second-order valence-electron chi connectivity index (χ2n) is 3.74. The Balaban J connectivity index is 0. The Hall–Kier alpha value is -1.01. The third-order valence-electron chi connectivity index (χ3n) is 1.81. The fourth-order valence-corrected chi connectivity index (χ4v) is 2.87. The Labute approximate surface area is 130 Å². The van der Waals surface area contributed by atoms with Gasteiger partial charge < -0.3 is 32.5 Å². The van der Waals surface area contributed by atoms with Crippen molar-refractivity contribution in [2.24, 2.45) is 17.2 Å². The van der Waals surface area contributed by atoms with Crippen LogP contribution in [-0.2, 0) is 14.4 Å². The zero-order chi connectivity index (χ0) is 16.8. The minimum absolute atomic E-state index is 0.191. The largest absolute Gasteiger partial charge is 0.481 e. The molecule has 9 N–H and O–H groups in total. The minimum Gasteiger partial charge on any atom is -0.481 e. The number of carboxylic acid groups (broad SMARTS) is 3. The van der Waals surface area contributed by atoms with Crippen molar-refractivity contribution in [2.75, 3.05) is 18.1 Å². The molecular weight excluding hydrogens is 322 g/mol. The van der Waals surface area contributed by atoms with Crippen LogP contribution in [0.4, 0.5) is 0 Å². The Morgan fingerprint density at radius 3 is 1.48 bits per heavy atom. The van der Waals surface area contributed by atoms with Crippen molar-refractivity contribution in [3.8, 4) is 0 Å². The van der Waals surface area contributed by atoms with Gasteiger partial charge in [0.1, 0.15) is 12.1 Å². The maximum Gasteiger partial charge on any atom is 0.321 e. The molecule has 0 aliphatic rings. The van der Waals surface area contributed by atoms with Crippen molar-refractivity contribution >= 4 is 39.5 Å². The first-order valence-corrected chi connectivity index (χ1v) is 8.34. The van der Waals surface area contributed by atoms with E-state index in [4.69, 9.17) is 32.5 Å². The normalized spacial score (nSPS) is 12.7. The Morgan fingerprint density at radius 2 is 1.29 bits per heavy atom. The molecule has 0 spiro atoms. The Bertz CT molecular complexity index is 310. The molecule has 0 heterocycles. The molecule has 11 heteroatoms. The lowest BCUT2D eigenvalue weighted by Crippen LogP contribution is -2.33. The zero-order valence-corrected chi connectivity index (χ0v) is 12.9. The molecule has 0 unspecified atom stereocenters. The molecule has 0 aromatic heterocycles. The van der Waals surface area contributed by atoms with Crippen molar-refractivity contribution in [3.63, 3.8) is 0 Å². The van der Waals surface area contributed by atoms with E-state index in [2.05, 4.69) is 0 Å². The van der Waals surface area contributed by atoms with Gasteiger partial charge in [-0.1, -0.05) is 21.6 Å². The summed E-state index contributed by atoms with van der Waals surface area (Å²) >= 11 is 0. The number of nitrogens with two attached hydrogens (primary N) is 3. The highest BCUT2D eigenvalue weighted by atomic mass is 33.1. The molecule has 9 nitrogen and oxygen atoms in total.